The standard InChI is InChI=1S/C13H21N3O2S/c1-8(17)7-14-12(18)6-5-11-9(2)15-13(19-4)16-10(11)3/h8,17H,5-7H2,1-4H3,(H,14,18). The zero-order valence-corrected chi connectivity index (χ0v) is 12.7. The molecule has 1 rings (SSSR count). The molecule has 0 aliphatic rings. The van der Waals surface area contributed by atoms with Gasteiger partial charge < -0.3 is 10.4 Å². The molecule has 0 aliphatic carbocycles. The Morgan fingerprint density at radius 1 is 1.37 bits per heavy atom. The summed E-state index contributed by atoms with van der Waals surface area (Å²) in [7, 11) is 0. The molecule has 6 heteroatoms. The first kappa shape index (κ1) is 15.9. The predicted molar refractivity (Wildman–Crippen MR) is 76.3 cm³/mol. The van der Waals surface area contributed by atoms with E-state index in [0.29, 0.717) is 19.4 Å². The lowest BCUT2D eigenvalue weighted by molar-refractivity contribution is -0.121. The fraction of sp³-hybridized carbons (Fsp3) is 0.615. The highest BCUT2D eigenvalue weighted by Crippen LogP contribution is 2.16. The number of rotatable bonds is 6. The molecule has 0 spiro atoms. The van der Waals surface area contributed by atoms with Crippen LogP contribution in [0.15, 0.2) is 5.16 Å². The number of hydrogen-bond acceptors (Lipinski definition) is 5. The van der Waals surface area contributed by atoms with Crippen molar-refractivity contribution in [1.82, 2.24) is 15.3 Å². The smallest absolute Gasteiger partial charge is 0.220 e. The molecule has 1 amide bonds. The summed E-state index contributed by atoms with van der Waals surface area (Å²) in [6.45, 7) is 5.82. The molecule has 1 heterocycles. The number of carbonyl (C=O) groups is 1. The van der Waals surface area contributed by atoms with Crippen LogP contribution >= 0.6 is 11.8 Å². The summed E-state index contributed by atoms with van der Waals surface area (Å²) in [5.74, 6) is -0.0614. The molecule has 106 valence electrons. The molecule has 19 heavy (non-hydrogen) atoms. The molecule has 1 aromatic rings. The van der Waals surface area contributed by atoms with Crippen LogP contribution in [0.4, 0.5) is 0 Å². The van der Waals surface area contributed by atoms with Crippen molar-refractivity contribution in [2.75, 3.05) is 12.8 Å². The van der Waals surface area contributed by atoms with Gasteiger partial charge >= 0.3 is 0 Å². The minimum Gasteiger partial charge on any atom is -0.392 e. The molecular formula is C13H21N3O2S. The van der Waals surface area contributed by atoms with Gasteiger partial charge in [-0.05, 0) is 39.0 Å². The maximum absolute atomic E-state index is 11.6. The molecule has 0 aromatic carbocycles. The van der Waals surface area contributed by atoms with Crippen LogP contribution < -0.4 is 5.32 Å². The van der Waals surface area contributed by atoms with Gasteiger partial charge in [0, 0.05) is 24.4 Å². The molecule has 0 fully saturated rings. The van der Waals surface area contributed by atoms with Crippen molar-refractivity contribution in [1.29, 1.82) is 0 Å². The molecule has 0 aliphatic heterocycles. The van der Waals surface area contributed by atoms with Crippen molar-refractivity contribution in [3.05, 3.63) is 17.0 Å². The molecule has 0 bridgehead atoms. The van der Waals surface area contributed by atoms with Gasteiger partial charge in [0.25, 0.3) is 0 Å². The molecule has 1 unspecified atom stereocenters. The van der Waals surface area contributed by atoms with Gasteiger partial charge in [-0.15, -0.1) is 0 Å². The van der Waals surface area contributed by atoms with Crippen LogP contribution in [0.3, 0.4) is 0 Å². The van der Waals surface area contributed by atoms with Crippen molar-refractivity contribution in [3.63, 3.8) is 0 Å². The summed E-state index contributed by atoms with van der Waals surface area (Å²) >= 11 is 1.51. The molecule has 1 aromatic heterocycles. The van der Waals surface area contributed by atoms with E-state index in [0.717, 1.165) is 22.1 Å². The highest BCUT2D eigenvalue weighted by Gasteiger charge is 2.10. The highest BCUT2D eigenvalue weighted by atomic mass is 32.2. The zero-order valence-electron chi connectivity index (χ0n) is 11.9. The SMILES string of the molecule is CSc1nc(C)c(CCC(=O)NCC(C)O)c(C)n1. The molecule has 1 atom stereocenters. The lowest BCUT2D eigenvalue weighted by atomic mass is 10.1. The van der Waals surface area contributed by atoms with Gasteiger partial charge in [-0.1, -0.05) is 11.8 Å². The number of amides is 1. The Morgan fingerprint density at radius 2 is 1.95 bits per heavy atom. The second-order valence-corrected chi connectivity index (χ2v) is 5.29. The highest BCUT2D eigenvalue weighted by molar-refractivity contribution is 7.98. The van der Waals surface area contributed by atoms with Gasteiger partial charge in [0.15, 0.2) is 5.16 Å². The van der Waals surface area contributed by atoms with Crippen LogP contribution in [0.1, 0.15) is 30.3 Å². The van der Waals surface area contributed by atoms with E-state index in [1.165, 1.54) is 11.8 Å². The Hall–Kier alpha value is -1.14. The Bertz CT molecular complexity index is 427. The van der Waals surface area contributed by atoms with Crippen LogP contribution in [0.5, 0.6) is 0 Å². The van der Waals surface area contributed by atoms with E-state index in [-0.39, 0.29) is 5.91 Å². The van der Waals surface area contributed by atoms with Crippen molar-refractivity contribution in [3.8, 4) is 0 Å². The van der Waals surface area contributed by atoms with E-state index in [2.05, 4.69) is 15.3 Å². The fourth-order valence-electron chi connectivity index (χ4n) is 1.75. The first-order chi connectivity index (χ1) is 8.93. The van der Waals surface area contributed by atoms with Crippen LogP contribution in [-0.4, -0.2) is 39.9 Å². The number of aryl methyl sites for hydroxylation is 2. The van der Waals surface area contributed by atoms with Crippen LogP contribution in [0.2, 0.25) is 0 Å². The number of aromatic nitrogens is 2. The number of aliphatic hydroxyl groups excluding tert-OH is 1. The normalized spacial score (nSPS) is 12.3. The second kappa shape index (κ2) is 7.45. The zero-order chi connectivity index (χ0) is 14.4. The molecule has 2 N–H and O–H groups in total. The van der Waals surface area contributed by atoms with Crippen LogP contribution in [-0.2, 0) is 11.2 Å². The summed E-state index contributed by atoms with van der Waals surface area (Å²) in [6.07, 6.45) is 2.43. The van der Waals surface area contributed by atoms with Gasteiger partial charge in [0.05, 0.1) is 6.10 Å². The Balaban J connectivity index is 2.60. The maximum atomic E-state index is 11.6. The summed E-state index contributed by atoms with van der Waals surface area (Å²) in [5, 5.41) is 12.5. The van der Waals surface area contributed by atoms with Gasteiger partial charge in [0.1, 0.15) is 0 Å². The number of hydrogen-bond donors (Lipinski definition) is 2. The number of nitrogens with one attached hydrogen (secondary N) is 1. The third-order valence-corrected chi connectivity index (χ3v) is 3.33. The molecule has 0 radical (unpaired) electrons. The third kappa shape index (κ3) is 5.16. The first-order valence-corrected chi connectivity index (χ1v) is 7.49. The Kier molecular flexibility index (Phi) is 6.24. The lowest BCUT2D eigenvalue weighted by Crippen LogP contribution is -2.30. The molecule has 0 saturated heterocycles. The molecule has 0 saturated carbocycles. The summed E-state index contributed by atoms with van der Waals surface area (Å²) in [4.78, 5) is 20.4. The largest absolute Gasteiger partial charge is 0.392 e. The van der Waals surface area contributed by atoms with E-state index in [4.69, 9.17) is 5.11 Å². The van der Waals surface area contributed by atoms with Crippen molar-refractivity contribution >= 4 is 17.7 Å². The number of thioether (sulfide) groups is 1. The van der Waals surface area contributed by atoms with E-state index in [1.807, 2.05) is 20.1 Å². The van der Waals surface area contributed by atoms with Gasteiger partial charge in [-0.2, -0.15) is 0 Å². The number of carbonyl (C=O) groups excluding carboxylic acids is 1. The topological polar surface area (TPSA) is 75.1 Å². The van der Waals surface area contributed by atoms with E-state index < -0.39 is 6.10 Å². The summed E-state index contributed by atoms with van der Waals surface area (Å²) < 4.78 is 0. The van der Waals surface area contributed by atoms with E-state index >= 15 is 0 Å². The maximum Gasteiger partial charge on any atom is 0.220 e. The minimum absolute atomic E-state index is 0.0614. The first-order valence-electron chi connectivity index (χ1n) is 6.27. The lowest BCUT2D eigenvalue weighted by Gasteiger charge is -2.10. The van der Waals surface area contributed by atoms with Gasteiger partial charge in [0.2, 0.25) is 5.91 Å². The van der Waals surface area contributed by atoms with E-state index in [9.17, 15) is 4.79 Å². The quantitative estimate of drug-likeness (QED) is 0.607. The molecule has 5 nitrogen and oxygen atoms in total. The van der Waals surface area contributed by atoms with Gasteiger partial charge in [-0.25, -0.2) is 9.97 Å². The molecular weight excluding hydrogens is 262 g/mol. The van der Waals surface area contributed by atoms with Crippen molar-refractivity contribution < 1.29 is 9.90 Å². The fourth-order valence-corrected chi connectivity index (χ4v) is 2.21. The van der Waals surface area contributed by atoms with Crippen LogP contribution in [0.25, 0.3) is 0 Å². The number of aliphatic hydroxyl groups is 1. The van der Waals surface area contributed by atoms with E-state index in [1.54, 1.807) is 6.92 Å². The van der Waals surface area contributed by atoms with Crippen LogP contribution in [0, 0.1) is 13.8 Å². The van der Waals surface area contributed by atoms with Crippen molar-refractivity contribution in [2.24, 2.45) is 0 Å². The number of nitrogens with zero attached hydrogens (tertiary/aromatic N) is 2. The van der Waals surface area contributed by atoms with Gasteiger partial charge in [-0.3, -0.25) is 4.79 Å². The predicted octanol–water partition coefficient (Wildman–Crippen LogP) is 1.24. The average molecular weight is 283 g/mol. The average Bonchev–Trinajstić information content (AvgIpc) is 2.34. The third-order valence-electron chi connectivity index (χ3n) is 2.78. The van der Waals surface area contributed by atoms with Crippen molar-refractivity contribution in [2.45, 2.75) is 44.9 Å². The Labute approximate surface area is 118 Å². The summed E-state index contributed by atoms with van der Waals surface area (Å²) in [5.41, 5.74) is 2.89. The monoisotopic (exact) mass is 283 g/mol. The minimum atomic E-state index is -0.517. The Morgan fingerprint density at radius 3 is 2.42 bits per heavy atom. The second-order valence-electron chi connectivity index (χ2n) is 4.51. The summed E-state index contributed by atoms with van der Waals surface area (Å²) in [6, 6.07) is 0.